The van der Waals surface area contributed by atoms with Crippen LogP contribution in [0.5, 0.6) is 11.5 Å². The highest BCUT2D eigenvalue weighted by Gasteiger charge is 2.13. The first-order valence-corrected chi connectivity index (χ1v) is 7.93. The molecular weight excluding hydrogens is 320 g/mol. The number of carbonyl (C=O) groups is 1. The Labute approximate surface area is 145 Å². The standard InChI is InChI=1S/C19H18N2O4/c1-3-16(22)13-8-10-14(11-9-13)24-12-18-20-19(21-25-18)15-6-4-5-7-17(15)23-2/h4-11H,3,12H2,1-2H3. The Balaban J connectivity index is 1.67. The number of rotatable bonds is 7. The van der Waals surface area contributed by atoms with Crippen LogP contribution in [0.2, 0.25) is 0 Å². The van der Waals surface area contributed by atoms with Crippen molar-refractivity contribution >= 4 is 5.78 Å². The molecule has 25 heavy (non-hydrogen) atoms. The van der Waals surface area contributed by atoms with Gasteiger partial charge in [0.25, 0.3) is 5.89 Å². The molecule has 3 aromatic rings. The van der Waals surface area contributed by atoms with Gasteiger partial charge in [0.15, 0.2) is 12.4 Å². The maximum Gasteiger partial charge on any atom is 0.264 e. The predicted octanol–water partition coefficient (Wildman–Crippen LogP) is 3.92. The third-order valence-corrected chi connectivity index (χ3v) is 3.68. The molecule has 0 aliphatic carbocycles. The summed E-state index contributed by atoms with van der Waals surface area (Å²) >= 11 is 0. The fourth-order valence-corrected chi connectivity index (χ4v) is 2.34. The molecule has 0 amide bonds. The van der Waals surface area contributed by atoms with E-state index < -0.39 is 0 Å². The highest BCUT2D eigenvalue weighted by Crippen LogP contribution is 2.27. The smallest absolute Gasteiger partial charge is 0.264 e. The SMILES string of the molecule is CCC(=O)c1ccc(OCc2nc(-c3ccccc3OC)no2)cc1. The molecule has 0 unspecified atom stereocenters. The van der Waals surface area contributed by atoms with E-state index in [9.17, 15) is 4.79 Å². The quantitative estimate of drug-likeness (QED) is 0.608. The van der Waals surface area contributed by atoms with E-state index in [0.717, 1.165) is 5.56 Å². The molecule has 6 heteroatoms. The zero-order chi connectivity index (χ0) is 17.6. The highest BCUT2D eigenvalue weighted by atomic mass is 16.5. The Morgan fingerprint density at radius 3 is 2.60 bits per heavy atom. The number of hydrogen-bond donors (Lipinski definition) is 0. The number of carbonyl (C=O) groups excluding carboxylic acids is 1. The molecule has 0 aliphatic heterocycles. The van der Waals surface area contributed by atoms with E-state index in [4.69, 9.17) is 14.0 Å². The van der Waals surface area contributed by atoms with Gasteiger partial charge in [0.1, 0.15) is 11.5 Å². The first-order valence-electron chi connectivity index (χ1n) is 7.93. The summed E-state index contributed by atoms with van der Waals surface area (Å²) in [5.74, 6) is 2.20. The Bertz CT molecular complexity index is 856. The normalized spacial score (nSPS) is 10.5. The van der Waals surface area contributed by atoms with Crippen LogP contribution in [0.1, 0.15) is 29.6 Å². The van der Waals surface area contributed by atoms with Gasteiger partial charge < -0.3 is 14.0 Å². The van der Waals surface area contributed by atoms with Crippen LogP contribution >= 0.6 is 0 Å². The third-order valence-electron chi connectivity index (χ3n) is 3.68. The molecule has 0 atom stereocenters. The fraction of sp³-hybridized carbons (Fsp3) is 0.211. The van der Waals surface area contributed by atoms with Gasteiger partial charge in [0.05, 0.1) is 12.7 Å². The molecule has 0 spiro atoms. The maximum atomic E-state index is 11.6. The predicted molar refractivity (Wildman–Crippen MR) is 91.7 cm³/mol. The average molecular weight is 338 g/mol. The van der Waals surface area contributed by atoms with Crippen LogP contribution < -0.4 is 9.47 Å². The second kappa shape index (κ2) is 7.61. The summed E-state index contributed by atoms with van der Waals surface area (Å²) in [7, 11) is 1.59. The number of benzene rings is 2. The van der Waals surface area contributed by atoms with Gasteiger partial charge in [-0.25, -0.2) is 0 Å². The lowest BCUT2D eigenvalue weighted by Gasteiger charge is -2.04. The zero-order valence-electron chi connectivity index (χ0n) is 14.1. The van der Waals surface area contributed by atoms with Gasteiger partial charge in [-0.15, -0.1) is 0 Å². The van der Waals surface area contributed by atoms with Crippen molar-refractivity contribution < 1.29 is 18.8 Å². The van der Waals surface area contributed by atoms with Crippen LogP contribution in [-0.4, -0.2) is 23.0 Å². The van der Waals surface area contributed by atoms with Crippen molar-refractivity contribution in [2.75, 3.05) is 7.11 Å². The molecule has 0 saturated heterocycles. The van der Waals surface area contributed by atoms with Gasteiger partial charge in [-0.3, -0.25) is 4.79 Å². The van der Waals surface area contributed by atoms with Crippen LogP contribution in [-0.2, 0) is 6.61 Å². The van der Waals surface area contributed by atoms with E-state index in [1.54, 1.807) is 31.4 Å². The second-order valence-corrected chi connectivity index (χ2v) is 5.30. The summed E-state index contributed by atoms with van der Waals surface area (Å²) in [6, 6.07) is 14.4. The van der Waals surface area contributed by atoms with Gasteiger partial charge >= 0.3 is 0 Å². The van der Waals surface area contributed by atoms with Crippen LogP contribution in [0.4, 0.5) is 0 Å². The number of ketones is 1. The maximum absolute atomic E-state index is 11.6. The first kappa shape index (κ1) is 16.7. The van der Waals surface area contributed by atoms with Crippen molar-refractivity contribution in [2.45, 2.75) is 20.0 Å². The van der Waals surface area contributed by atoms with E-state index in [0.29, 0.717) is 35.2 Å². The van der Waals surface area contributed by atoms with E-state index in [1.165, 1.54) is 0 Å². The molecule has 128 valence electrons. The molecule has 0 N–H and O–H groups in total. The van der Waals surface area contributed by atoms with Gasteiger partial charge in [-0.05, 0) is 36.4 Å². The summed E-state index contributed by atoms with van der Waals surface area (Å²) in [6.45, 7) is 1.98. The number of nitrogens with zero attached hydrogens (tertiary/aromatic N) is 2. The van der Waals surface area contributed by atoms with Crippen LogP contribution in [0.25, 0.3) is 11.4 Å². The lowest BCUT2D eigenvalue weighted by Crippen LogP contribution is -1.98. The molecule has 0 aliphatic rings. The lowest BCUT2D eigenvalue weighted by molar-refractivity contribution is 0.0988. The second-order valence-electron chi connectivity index (χ2n) is 5.30. The summed E-state index contributed by atoms with van der Waals surface area (Å²) in [6.07, 6.45) is 0.480. The summed E-state index contributed by atoms with van der Waals surface area (Å²) < 4.78 is 16.1. The molecule has 2 aromatic carbocycles. The minimum absolute atomic E-state index is 0.102. The van der Waals surface area contributed by atoms with Crippen molar-refractivity contribution in [3.8, 4) is 22.9 Å². The summed E-state index contributed by atoms with van der Waals surface area (Å²) in [5.41, 5.74) is 1.42. The minimum Gasteiger partial charge on any atom is -0.496 e. The molecular formula is C19H18N2O4. The van der Waals surface area contributed by atoms with E-state index in [-0.39, 0.29) is 12.4 Å². The molecule has 1 aromatic heterocycles. The molecule has 0 bridgehead atoms. The van der Waals surface area contributed by atoms with Crippen molar-refractivity contribution in [1.82, 2.24) is 10.1 Å². The molecule has 1 heterocycles. The van der Waals surface area contributed by atoms with Crippen molar-refractivity contribution in [2.24, 2.45) is 0 Å². The van der Waals surface area contributed by atoms with E-state index in [1.807, 2.05) is 31.2 Å². The number of ether oxygens (including phenoxy) is 2. The van der Waals surface area contributed by atoms with Gasteiger partial charge in [0.2, 0.25) is 5.82 Å². The van der Waals surface area contributed by atoms with Crippen LogP contribution in [0.3, 0.4) is 0 Å². The molecule has 3 rings (SSSR count). The van der Waals surface area contributed by atoms with Crippen molar-refractivity contribution in [3.63, 3.8) is 0 Å². The van der Waals surface area contributed by atoms with Crippen LogP contribution in [0.15, 0.2) is 53.1 Å². The van der Waals surface area contributed by atoms with E-state index >= 15 is 0 Å². The molecule has 0 saturated carbocycles. The minimum atomic E-state index is 0.102. The number of Topliss-reactive ketones (excluding diaryl/α,β-unsaturated/α-hetero) is 1. The molecule has 6 nitrogen and oxygen atoms in total. The summed E-state index contributed by atoms with van der Waals surface area (Å²) in [5, 5.41) is 3.96. The monoisotopic (exact) mass is 338 g/mol. The first-order chi connectivity index (χ1) is 12.2. The topological polar surface area (TPSA) is 74.5 Å². The zero-order valence-corrected chi connectivity index (χ0v) is 14.1. The van der Waals surface area contributed by atoms with Gasteiger partial charge in [-0.2, -0.15) is 4.98 Å². The largest absolute Gasteiger partial charge is 0.496 e. The Hall–Kier alpha value is -3.15. The number of aromatic nitrogens is 2. The van der Waals surface area contributed by atoms with E-state index in [2.05, 4.69) is 10.1 Å². The summed E-state index contributed by atoms with van der Waals surface area (Å²) in [4.78, 5) is 15.9. The molecule has 0 fully saturated rings. The number of para-hydroxylation sites is 1. The molecule has 0 radical (unpaired) electrons. The Kier molecular flexibility index (Phi) is 5.09. The average Bonchev–Trinajstić information content (AvgIpc) is 3.15. The van der Waals surface area contributed by atoms with Gasteiger partial charge in [-0.1, -0.05) is 24.2 Å². The number of methoxy groups -OCH3 is 1. The highest BCUT2D eigenvalue weighted by molar-refractivity contribution is 5.95. The lowest BCUT2D eigenvalue weighted by atomic mass is 10.1. The Morgan fingerprint density at radius 1 is 1.12 bits per heavy atom. The Morgan fingerprint density at radius 2 is 1.88 bits per heavy atom. The van der Waals surface area contributed by atoms with Crippen molar-refractivity contribution in [3.05, 3.63) is 60.0 Å². The third kappa shape index (κ3) is 3.85. The fourth-order valence-electron chi connectivity index (χ4n) is 2.34. The van der Waals surface area contributed by atoms with Crippen LogP contribution in [0, 0.1) is 0 Å². The van der Waals surface area contributed by atoms with Gasteiger partial charge in [0, 0.05) is 12.0 Å². The number of hydrogen-bond acceptors (Lipinski definition) is 6. The van der Waals surface area contributed by atoms with Crippen molar-refractivity contribution in [1.29, 1.82) is 0 Å².